The van der Waals surface area contributed by atoms with Gasteiger partial charge in [0.1, 0.15) is 10.6 Å². The molecule has 0 aromatic heterocycles. The van der Waals surface area contributed by atoms with Crippen molar-refractivity contribution in [3.8, 4) is 5.75 Å². The fraction of sp³-hybridized carbons (Fsp3) is 0.259. The quantitative estimate of drug-likeness (QED) is 0.371. The molecule has 0 radical (unpaired) electrons. The van der Waals surface area contributed by atoms with Crippen LogP contribution >= 0.6 is 23.2 Å². The number of ether oxygens (including phenoxy) is 3. The number of sulfonamides is 1. The van der Waals surface area contributed by atoms with Crippen molar-refractivity contribution in [1.29, 1.82) is 0 Å². The number of methoxy groups -OCH3 is 1. The lowest BCUT2D eigenvalue weighted by molar-refractivity contribution is -0.125. The Balaban J connectivity index is 1.67. The van der Waals surface area contributed by atoms with E-state index < -0.39 is 28.0 Å². The first-order chi connectivity index (χ1) is 18.6. The molecule has 0 bridgehead atoms. The molecule has 9 nitrogen and oxygen atoms in total. The van der Waals surface area contributed by atoms with Gasteiger partial charge in [0.2, 0.25) is 16.1 Å². The van der Waals surface area contributed by atoms with E-state index in [9.17, 15) is 18.0 Å². The number of benzene rings is 3. The molecule has 1 N–H and O–H groups in total. The SMILES string of the molecule is COc1ccc(C)cc1NC(=O)C(OC(=O)c1cc(S(=O)(=O)N2CCOCC2)c(Cl)cc1Cl)c1ccccc1. The summed E-state index contributed by atoms with van der Waals surface area (Å²) in [4.78, 5) is 26.5. The lowest BCUT2D eigenvalue weighted by Crippen LogP contribution is -2.40. The van der Waals surface area contributed by atoms with Gasteiger partial charge in [0, 0.05) is 18.7 Å². The van der Waals surface area contributed by atoms with Crippen molar-refractivity contribution < 1.29 is 32.2 Å². The van der Waals surface area contributed by atoms with Gasteiger partial charge in [0.05, 0.1) is 41.6 Å². The van der Waals surface area contributed by atoms with Crippen molar-refractivity contribution in [1.82, 2.24) is 4.31 Å². The predicted molar refractivity (Wildman–Crippen MR) is 147 cm³/mol. The number of hydrogen-bond donors (Lipinski definition) is 1. The molecule has 0 saturated carbocycles. The van der Waals surface area contributed by atoms with E-state index in [0.717, 1.165) is 11.6 Å². The fourth-order valence-corrected chi connectivity index (χ4v) is 6.23. The molecule has 3 aromatic carbocycles. The number of aryl methyl sites for hydroxylation is 1. The third-order valence-corrected chi connectivity index (χ3v) is 8.68. The van der Waals surface area contributed by atoms with Gasteiger partial charge in [-0.05, 0) is 36.8 Å². The summed E-state index contributed by atoms with van der Waals surface area (Å²) in [6.45, 7) is 2.60. The van der Waals surface area contributed by atoms with Gasteiger partial charge in [-0.3, -0.25) is 4.79 Å². The summed E-state index contributed by atoms with van der Waals surface area (Å²) in [5.74, 6) is -1.23. The van der Waals surface area contributed by atoms with E-state index in [-0.39, 0.29) is 46.8 Å². The van der Waals surface area contributed by atoms with Gasteiger partial charge >= 0.3 is 5.97 Å². The third-order valence-electron chi connectivity index (χ3n) is 6.01. The molecule has 12 heteroatoms. The second-order valence-electron chi connectivity index (χ2n) is 8.67. The van der Waals surface area contributed by atoms with E-state index in [1.807, 2.05) is 13.0 Å². The van der Waals surface area contributed by atoms with Crippen LogP contribution in [0.5, 0.6) is 5.75 Å². The van der Waals surface area contributed by atoms with Gasteiger partial charge < -0.3 is 19.5 Å². The maximum Gasteiger partial charge on any atom is 0.340 e. The summed E-state index contributed by atoms with van der Waals surface area (Å²) in [5.41, 5.74) is 1.40. The molecule has 206 valence electrons. The highest BCUT2D eigenvalue weighted by molar-refractivity contribution is 7.89. The summed E-state index contributed by atoms with van der Waals surface area (Å²) >= 11 is 12.5. The lowest BCUT2D eigenvalue weighted by Gasteiger charge is -2.26. The first-order valence-electron chi connectivity index (χ1n) is 11.9. The topological polar surface area (TPSA) is 111 Å². The van der Waals surface area contributed by atoms with Crippen LogP contribution in [0.15, 0.2) is 65.6 Å². The number of halogens is 2. The number of morpholine rings is 1. The first-order valence-corrected chi connectivity index (χ1v) is 14.1. The molecule has 1 aliphatic heterocycles. The maximum atomic E-state index is 13.4. The van der Waals surface area contributed by atoms with Crippen molar-refractivity contribution >= 4 is 50.8 Å². The monoisotopic (exact) mass is 592 g/mol. The minimum atomic E-state index is -4.05. The van der Waals surface area contributed by atoms with Crippen LogP contribution in [0.2, 0.25) is 10.0 Å². The Morgan fingerprint density at radius 1 is 1.00 bits per heavy atom. The standard InChI is InChI=1S/C27H26Cl2N2O7S/c1-17-8-9-23(36-2)22(14-17)30-26(32)25(18-6-4-3-5-7-18)38-27(33)19-15-24(21(29)16-20(19)28)39(34,35)31-10-12-37-13-11-31/h3-9,14-16,25H,10-13H2,1-2H3,(H,30,32). The second-order valence-corrected chi connectivity index (χ2v) is 11.4. The number of esters is 1. The van der Waals surface area contributed by atoms with Crippen molar-refractivity contribution in [3.05, 3.63) is 87.4 Å². The third kappa shape index (κ3) is 6.54. The van der Waals surface area contributed by atoms with E-state index in [1.165, 1.54) is 17.5 Å². The Hall–Kier alpha value is -3.15. The van der Waals surface area contributed by atoms with Crippen LogP contribution in [-0.4, -0.2) is 58.0 Å². The van der Waals surface area contributed by atoms with Gasteiger partial charge in [-0.15, -0.1) is 0 Å². The molecular weight excluding hydrogens is 567 g/mol. The van der Waals surface area contributed by atoms with Crippen LogP contribution in [0.25, 0.3) is 0 Å². The number of anilines is 1. The van der Waals surface area contributed by atoms with Gasteiger partial charge in [0.25, 0.3) is 5.91 Å². The first kappa shape index (κ1) is 28.8. The number of hydrogen-bond acceptors (Lipinski definition) is 7. The molecule has 4 rings (SSSR count). The molecule has 1 amide bonds. The van der Waals surface area contributed by atoms with Crippen LogP contribution in [-0.2, 0) is 24.3 Å². The maximum absolute atomic E-state index is 13.4. The summed E-state index contributed by atoms with van der Waals surface area (Å²) in [7, 11) is -2.58. The zero-order valence-corrected chi connectivity index (χ0v) is 23.5. The number of nitrogens with one attached hydrogen (secondary N) is 1. The van der Waals surface area contributed by atoms with E-state index in [1.54, 1.807) is 42.5 Å². The molecule has 1 unspecified atom stereocenters. The summed E-state index contributed by atoms with van der Waals surface area (Å²) in [5, 5.41) is 2.48. The van der Waals surface area contributed by atoms with Crippen LogP contribution < -0.4 is 10.1 Å². The number of carbonyl (C=O) groups is 2. The van der Waals surface area contributed by atoms with E-state index >= 15 is 0 Å². The Bertz CT molecular complexity index is 1480. The van der Waals surface area contributed by atoms with Crippen molar-refractivity contribution in [2.75, 3.05) is 38.7 Å². The molecular formula is C27H26Cl2N2O7S. The van der Waals surface area contributed by atoms with E-state index in [4.69, 9.17) is 37.4 Å². The molecule has 0 spiro atoms. The zero-order chi connectivity index (χ0) is 28.2. The summed E-state index contributed by atoms with van der Waals surface area (Å²) in [6.07, 6.45) is -1.39. The average molecular weight is 593 g/mol. The van der Waals surface area contributed by atoms with Crippen molar-refractivity contribution in [2.24, 2.45) is 0 Å². The molecule has 3 aromatic rings. The normalized spacial score (nSPS) is 14.9. The minimum absolute atomic E-state index is 0.126. The highest BCUT2D eigenvalue weighted by Crippen LogP contribution is 2.33. The minimum Gasteiger partial charge on any atom is -0.495 e. The van der Waals surface area contributed by atoms with Gasteiger partial charge in [-0.25, -0.2) is 13.2 Å². The summed E-state index contributed by atoms with van der Waals surface area (Å²) < 4.78 is 43.9. The molecule has 39 heavy (non-hydrogen) atoms. The molecule has 1 saturated heterocycles. The van der Waals surface area contributed by atoms with Crippen molar-refractivity contribution in [3.63, 3.8) is 0 Å². The Kier molecular flexibility index (Phi) is 9.14. The Morgan fingerprint density at radius 3 is 2.36 bits per heavy atom. The predicted octanol–water partition coefficient (Wildman–Crippen LogP) is 4.87. The number of nitrogens with zero attached hydrogens (tertiary/aromatic N) is 1. The number of carbonyl (C=O) groups excluding carboxylic acids is 2. The largest absolute Gasteiger partial charge is 0.495 e. The Labute approximate surface area is 236 Å². The number of rotatable bonds is 8. The average Bonchev–Trinajstić information content (AvgIpc) is 2.92. The molecule has 1 fully saturated rings. The van der Waals surface area contributed by atoms with Crippen LogP contribution in [0.4, 0.5) is 5.69 Å². The molecule has 1 aliphatic rings. The van der Waals surface area contributed by atoms with Gasteiger partial charge in [0.15, 0.2) is 0 Å². The summed E-state index contributed by atoms with van der Waals surface area (Å²) in [6, 6.07) is 15.9. The van der Waals surface area contributed by atoms with Crippen LogP contribution in [0.3, 0.4) is 0 Å². The zero-order valence-electron chi connectivity index (χ0n) is 21.1. The fourth-order valence-electron chi connectivity index (χ4n) is 4.00. The van der Waals surface area contributed by atoms with Crippen LogP contribution in [0, 0.1) is 6.92 Å². The Morgan fingerprint density at radius 2 is 1.69 bits per heavy atom. The molecule has 1 atom stereocenters. The van der Waals surface area contributed by atoms with Gasteiger partial charge in [-0.1, -0.05) is 59.6 Å². The molecule has 1 heterocycles. The van der Waals surface area contributed by atoms with Crippen molar-refractivity contribution in [2.45, 2.75) is 17.9 Å². The number of amides is 1. The van der Waals surface area contributed by atoms with E-state index in [2.05, 4.69) is 5.32 Å². The highest BCUT2D eigenvalue weighted by atomic mass is 35.5. The molecule has 0 aliphatic carbocycles. The highest BCUT2D eigenvalue weighted by Gasteiger charge is 2.32. The second kappa shape index (κ2) is 12.4. The lowest BCUT2D eigenvalue weighted by atomic mass is 10.1. The van der Waals surface area contributed by atoms with Crippen LogP contribution in [0.1, 0.15) is 27.6 Å². The smallest absolute Gasteiger partial charge is 0.340 e. The van der Waals surface area contributed by atoms with Gasteiger partial charge in [-0.2, -0.15) is 4.31 Å². The van der Waals surface area contributed by atoms with E-state index in [0.29, 0.717) is 17.0 Å².